The van der Waals surface area contributed by atoms with E-state index in [9.17, 15) is 4.39 Å². The van der Waals surface area contributed by atoms with Crippen LogP contribution in [0.25, 0.3) is 0 Å². The Morgan fingerprint density at radius 2 is 1.88 bits per heavy atom. The highest BCUT2D eigenvalue weighted by Crippen LogP contribution is 2.32. The molecule has 0 saturated carbocycles. The number of aliphatic hydroxyl groups is 1. The van der Waals surface area contributed by atoms with Crippen molar-refractivity contribution in [3.8, 4) is 11.5 Å². The largest absolute Gasteiger partial charge is 0.493 e. The fourth-order valence-electron chi connectivity index (χ4n) is 1.62. The van der Waals surface area contributed by atoms with Gasteiger partial charge in [0.05, 0.1) is 14.2 Å². The molecule has 0 radical (unpaired) electrons. The van der Waals surface area contributed by atoms with Crippen molar-refractivity contribution in [3.05, 3.63) is 23.5 Å². The van der Waals surface area contributed by atoms with Gasteiger partial charge in [-0.25, -0.2) is 4.39 Å². The summed E-state index contributed by atoms with van der Waals surface area (Å²) in [5.41, 5.74) is 6.22. The molecule has 1 atom stereocenters. The van der Waals surface area contributed by atoms with E-state index in [1.54, 1.807) is 0 Å². The Morgan fingerprint density at radius 1 is 1.29 bits per heavy atom. The van der Waals surface area contributed by atoms with Gasteiger partial charge in [-0.1, -0.05) is 0 Å². The third kappa shape index (κ3) is 3.31. The maximum atomic E-state index is 13.8. The topological polar surface area (TPSA) is 64.7 Å². The molecule has 0 bridgehead atoms. The lowest BCUT2D eigenvalue weighted by atomic mass is 10.0. The van der Waals surface area contributed by atoms with Crippen molar-refractivity contribution in [3.63, 3.8) is 0 Å². The molecule has 0 aliphatic heterocycles. The van der Waals surface area contributed by atoms with E-state index in [0.717, 1.165) is 0 Å². The molecule has 0 fully saturated rings. The lowest BCUT2D eigenvalue weighted by Crippen LogP contribution is -2.13. The van der Waals surface area contributed by atoms with Gasteiger partial charge in [0, 0.05) is 24.3 Å². The monoisotopic (exact) mass is 243 g/mol. The number of ether oxygens (including phenoxy) is 2. The Bertz CT molecular complexity index is 371. The molecule has 0 aromatic heterocycles. The van der Waals surface area contributed by atoms with Crippen LogP contribution in [0.15, 0.2) is 12.1 Å². The van der Waals surface area contributed by atoms with Gasteiger partial charge in [-0.05, 0) is 18.9 Å². The normalized spacial score (nSPS) is 12.3. The molecule has 0 unspecified atom stereocenters. The van der Waals surface area contributed by atoms with Gasteiger partial charge in [0.25, 0.3) is 0 Å². The molecule has 3 N–H and O–H groups in total. The van der Waals surface area contributed by atoms with E-state index in [1.807, 2.05) is 0 Å². The maximum Gasteiger partial charge on any atom is 0.163 e. The molecule has 1 aromatic carbocycles. The zero-order valence-corrected chi connectivity index (χ0v) is 10.1. The zero-order valence-electron chi connectivity index (χ0n) is 10.1. The summed E-state index contributed by atoms with van der Waals surface area (Å²) in [6.07, 6.45) is 1.05. The third-order valence-electron chi connectivity index (χ3n) is 2.58. The van der Waals surface area contributed by atoms with Crippen LogP contribution >= 0.6 is 0 Å². The van der Waals surface area contributed by atoms with Crippen LogP contribution in [0, 0.1) is 5.82 Å². The highest BCUT2D eigenvalue weighted by atomic mass is 19.1. The second-order valence-electron chi connectivity index (χ2n) is 3.70. The van der Waals surface area contributed by atoms with Gasteiger partial charge in [-0.2, -0.15) is 0 Å². The van der Waals surface area contributed by atoms with E-state index in [1.165, 1.54) is 26.4 Å². The van der Waals surface area contributed by atoms with Gasteiger partial charge in [-0.15, -0.1) is 0 Å². The fourth-order valence-corrected chi connectivity index (χ4v) is 1.62. The van der Waals surface area contributed by atoms with E-state index in [4.69, 9.17) is 20.3 Å². The lowest BCUT2D eigenvalue weighted by Gasteiger charge is -2.15. The van der Waals surface area contributed by atoms with Gasteiger partial charge >= 0.3 is 0 Å². The average Bonchev–Trinajstić information content (AvgIpc) is 2.35. The summed E-state index contributed by atoms with van der Waals surface area (Å²) in [7, 11) is 2.93. The van der Waals surface area contributed by atoms with Crippen LogP contribution in [-0.2, 0) is 0 Å². The number of hydrogen-bond donors (Lipinski definition) is 2. The molecule has 0 aliphatic carbocycles. The number of nitrogens with two attached hydrogens (primary N) is 1. The molecule has 0 saturated heterocycles. The zero-order chi connectivity index (χ0) is 12.8. The molecule has 17 heavy (non-hydrogen) atoms. The highest BCUT2D eigenvalue weighted by molar-refractivity contribution is 5.44. The number of hydrogen-bond acceptors (Lipinski definition) is 4. The van der Waals surface area contributed by atoms with E-state index in [-0.39, 0.29) is 6.61 Å². The lowest BCUT2D eigenvalue weighted by molar-refractivity contribution is 0.279. The van der Waals surface area contributed by atoms with Crippen molar-refractivity contribution >= 4 is 0 Å². The standard InChI is InChI=1S/C12H18FNO3/c1-16-11-6-8(10(14)4-3-5-15)9(13)7-12(11)17-2/h6-7,10,15H,3-5,14H2,1-2H3/t10-/m1/s1. The van der Waals surface area contributed by atoms with Crippen molar-refractivity contribution < 1.29 is 19.0 Å². The van der Waals surface area contributed by atoms with E-state index in [0.29, 0.717) is 29.9 Å². The van der Waals surface area contributed by atoms with Crippen LogP contribution in [0.3, 0.4) is 0 Å². The molecule has 0 heterocycles. The van der Waals surface area contributed by atoms with Gasteiger partial charge in [0.15, 0.2) is 11.5 Å². The Labute approximate surface area is 100 Å². The second kappa shape index (κ2) is 6.42. The van der Waals surface area contributed by atoms with E-state index < -0.39 is 11.9 Å². The molecular weight excluding hydrogens is 225 g/mol. The summed E-state index contributed by atoms with van der Waals surface area (Å²) in [6.45, 7) is 0.0443. The van der Waals surface area contributed by atoms with Gasteiger partial charge in [-0.3, -0.25) is 0 Å². The smallest absolute Gasteiger partial charge is 0.163 e. The highest BCUT2D eigenvalue weighted by Gasteiger charge is 2.16. The number of aliphatic hydroxyl groups excluding tert-OH is 1. The van der Waals surface area contributed by atoms with Crippen LogP contribution in [0.5, 0.6) is 11.5 Å². The van der Waals surface area contributed by atoms with Crippen molar-refractivity contribution in [2.45, 2.75) is 18.9 Å². The summed E-state index contributed by atoms with van der Waals surface area (Å²) < 4.78 is 23.8. The summed E-state index contributed by atoms with van der Waals surface area (Å²) in [4.78, 5) is 0. The molecule has 0 amide bonds. The third-order valence-corrected chi connectivity index (χ3v) is 2.58. The second-order valence-corrected chi connectivity index (χ2v) is 3.70. The SMILES string of the molecule is COc1cc(F)c([C@H](N)CCCO)cc1OC. The maximum absolute atomic E-state index is 13.8. The first-order valence-corrected chi connectivity index (χ1v) is 5.41. The quantitative estimate of drug-likeness (QED) is 0.796. The number of rotatable bonds is 6. The molecule has 0 aliphatic rings. The predicted molar refractivity (Wildman–Crippen MR) is 62.8 cm³/mol. The summed E-state index contributed by atoms with van der Waals surface area (Å²) in [6, 6.07) is 2.34. The Balaban J connectivity index is 2.99. The molecule has 0 spiro atoms. The van der Waals surface area contributed by atoms with Crippen molar-refractivity contribution in [1.82, 2.24) is 0 Å². The first-order valence-electron chi connectivity index (χ1n) is 5.41. The first-order chi connectivity index (χ1) is 8.13. The minimum atomic E-state index is -0.457. The van der Waals surface area contributed by atoms with Gasteiger partial charge in [0.2, 0.25) is 0 Å². The fraction of sp³-hybridized carbons (Fsp3) is 0.500. The minimum absolute atomic E-state index is 0.0443. The minimum Gasteiger partial charge on any atom is -0.493 e. The van der Waals surface area contributed by atoms with Gasteiger partial charge in [0.1, 0.15) is 5.82 Å². The summed E-state index contributed by atoms with van der Waals surface area (Å²) >= 11 is 0. The number of benzene rings is 1. The van der Waals surface area contributed by atoms with Crippen molar-refractivity contribution in [2.24, 2.45) is 5.73 Å². The number of halogens is 1. The molecular formula is C12H18FNO3. The number of methoxy groups -OCH3 is 2. The van der Waals surface area contributed by atoms with Gasteiger partial charge < -0.3 is 20.3 Å². The van der Waals surface area contributed by atoms with Crippen LogP contribution in [-0.4, -0.2) is 25.9 Å². The van der Waals surface area contributed by atoms with Crippen LogP contribution < -0.4 is 15.2 Å². The van der Waals surface area contributed by atoms with Crippen LogP contribution in [0.4, 0.5) is 4.39 Å². The van der Waals surface area contributed by atoms with Crippen molar-refractivity contribution in [1.29, 1.82) is 0 Å². The molecule has 96 valence electrons. The summed E-state index contributed by atoms with van der Waals surface area (Å²) in [5.74, 6) is 0.361. The van der Waals surface area contributed by atoms with Crippen LogP contribution in [0.2, 0.25) is 0 Å². The molecule has 1 aromatic rings. The summed E-state index contributed by atoms with van der Waals surface area (Å²) in [5, 5.41) is 8.72. The average molecular weight is 243 g/mol. The molecule has 5 heteroatoms. The van der Waals surface area contributed by atoms with E-state index in [2.05, 4.69) is 0 Å². The Morgan fingerprint density at radius 3 is 2.41 bits per heavy atom. The first kappa shape index (κ1) is 13.7. The van der Waals surface area contributed by atoms with E-state index >= 15 is 0 Å². The molecule has 4 nitrogen and oxygen atoms in total. The van der Waals surface area contributed by atoms with Crippen LogP contribution in [0.1, 0.15) is 24.4 Å². The Kier molecular flexibility index (Phi) is 5.18. The molecule has 1 rings (SSSR count). The van der Waals surface area contributed by atoms with Crippen molar-refractivity contribution in [2.75, 3.05) is 20.8 Å². The predicted octanol–water partition coefficient (Wildman–Crippen LogP) is 1.62. The Hall–Kier alpha value is -1.33.